The zero-order valence-electron chi connectivity index (χ0n) is 12.8. The van der Waals surface area contributed by atoms with Gasteiger partial charge in [0.1, 0.15) is 0 Å². The third kappa shape index (κ3) is 2.60. The Bertz CT molecular complexity index is 606. The fraction of sp³-hybridized carbons (Fsp3) is 0.529. The molecule has 0 radical (unpaired) electrons. The molecule has 1 saturated heterocycles. The van der Waals surface area contributed by atoms with Crippen LogP contribution in [0.4, 0.5) is 0 Å². The number of nitrogens with one attached hydrogen (secondary N) is 2. The maximum atomic E-state index is 3.57. The van der Waals surface area contributed by atoms with Gasteiger partial charge in [-0.05, 0) is 49.9 Å². The minimum absolute atomic E-state index is 1.13. The molecule has 3 rings (SSSR count). The second kappa shape index (κ2) is 5.58. The van der Waals surface area contributed by atoms with Crippen LogP contribution in [-0.4, -0.2) is 42.6 Å². The highest BCUT2D eigenvalue weighted by molar-refractivity contribution is 5.88. The van der Waals surface area contributed by atoms with Gasteiger partial charge in [-0.2, -0.15) is 0 Å². The van der Waals surface area contributed by atoms with Crippen LogP contribution in [0.3, 0.4) is 0 Å². The van der Waals surface area contributed by atoms with Crippen molar-refractivity contribution in [3.63, 3.8) is 0 Å². The molecule has 1 fully saturated rings. The largest absolute Gasteiger partial charge is 0.358 e. The number of aromatic amines is 1. The van der Waals surface area contributed by atoms with Gasteiger partial charge in [0.25, 0.3) is 0 Å². The summed E-state index contributed by atoms with van der Waals surface area (Å²) in [5, 5.41) is 4.86. The predicted octanol–water partition coefficient (Wildman–Crippen LogP) is 2.54. The first-order valence-electron chi connectivity index (χ1n) is 7.66. The molecule has 3 nitrogen and oxygen atoms in total. The summed E-state index contributed by atoms with van der Waals surface area (Å²) in [5.41, 5.74) is 6.89. The number of benzene rings is 1. The van der Waals surface area contributed by atoms with Crippen molar-refractivity contribution in [2.24, 2.45) is 0 Å². The molecule has 0 amide bonds. The Morgan fingerprint density at radius 2 is 1.85 bits per heavy atom. The van der Waals surface area contributed by atoms with E-state index in [1.165, 1.54) is 52.9 Å². The maximum absolute atomic E-state index is 3.57. The van der Waals surface area contributed by atoms with Gasteiger partial charge >= 0.3 is 0 Å². The van der Waals surface area contributed by atoms with Crippen molar-refractivity contribution in [3.8, 4) is 0 Å². The molecule has 0 atom stereocenters. The number of rotatable bonds is 3. The first-order valence-corrected chi connectivity index (χ1v) is 7.66. The molecule has 0 unspecified atom stereocenters. The van der Waals surface area contributed by atoms with Crippen LogP contribution in [-0.2, 0) is 6.42 Å². The molecule has 1 aliphatic rings. The van der Waals surface area contributed by atoms with Crippen molar-refractivity contribution in [2.75, 3.05) is 32.7 Å². The average molecular weight is 271 g/mol. The average Bonchev–Trinajstić information content (AvgIpc) is 2.73. The number of H-pyrrole nitrogens is 1. The van der Waals surface area contributed by atoms with E-state index in [0.717, 1.165) is 19.5 Å². The minimum atomic E-state index is 1.13. The Morgan fingerprint density at radius 1 is 1.10 bits per heavy atom. The summed E-state index contributed by atoms with van der Waals surface area (Å²) in [6, 6.07) is 4.56. The molecule has 1 aromatic heterocycles. The maximum Gasteiger partial charge on any atom is 0.0464 e. The van der Waals surface area contributed by atoms with Gasteiger partial charge in [0.05, 0.1) is 0 Å². The summed E-state index contributed by atoms with van der Waals surface area (Å²) < 4.78 is 0. The quantitative estimate of drug-likeness (QED) is 0.899. The number of nitrogens with zero attached hydrogens (tertiary/aromatic N) is 1. The number of aromatic nitrogens is 1. The van der Waals surface area contributed by atoms with E-state index >= 15 is 0 Å². The number of hydrogen-bond acceptors (Lipinski definition) is 2. The lowest BCUT2D eigenvalue weighted by Gasteiger charge is -2.27. The summed E-state index contributed by atoms with van der Waals surface area (Å²) >= 11 is 0. The van der Waals surface area contributed by atoms with E-state index in [2.05, 4.69) is 48.1 Å². The normalized spacial score (nSPS) is 16.9. The van der Waals surface area contributed by atoms with Gasteiger partial charge in [0.2, 0.25) is 0 Å². The molecule has 1 aliphatic heterocycles. The molecule has 0 spiro atoms. The SMILES string of the molecule is Cc1cc(C)c2c(CCN3CCNCC3)c(C)[nH]c2c1. The number of fused-ring (bicyclic) bond motifs is 1. The van der Waals surface area contributed by atoms with Crippen LogP contribution in [0.2, 0.25) is 0 Å². The lowest BCUT2D eigenvalue weighted by Crippen LogP contribution is -2.44. The van der Waals surface area contributed by atoms with Crippen LogP contribution in [0.25, 0.3) is 10.9 Å². The number of piperazine rings is 1. The van der Waals surface area contributed by atoms with Crippen molar-refractivity contribution in [1.82, 2.24) is 15.2 Å². The van der Waals surface area contributed by atoms with Crippen molar-refractivity contribution < 1.29 is 0 Å². The fourth-order valence-electron chi connectivity index (χ4n) is 3.45. The van der Waals surface area contributed by atoms with Gasteiger partial charge in [-0.3, -0.25) is 0 Å². The molecule has 108 valence electrons. The van der Waals surface area contributed by atoms with Crippen LogP contribution >= 0.6 is 0 Å². The molecule has 2 heterocycles. The summed E-state index contributed by atoms with van der Waals surface area (Å²) in [4.78, 5) is 6.13. The lowest BCUT2D eigenvalue weighted by atomic mass is 10.0. The van der Waals surface area contributed by atoms with Gasteiger partial charge in [0, 0.05) is 49.3 Å². The van der Waals surface area contributed by atoms with Gasteiger partial charge in [-0.15, -0.1) is 0 Å². The van der Waals surface area contributed by atoms with Crippen molar-refractivity contribution >= 4 is 10.9 Å². The van der Waals surface area contributed by atoms with Crippen LogP contribution in [0.15, 0.2) is 12.1 Å². The molecular formula is C17H25N3. The first kappa shape index (κ1) is 13.7. The van der Waals surface area contributed by atoms with Crippen molar-refractivity contribution in [3.05, 3.63) is 34.5 Å². The van der Waals surface area contributed by atoms with E-state index in [1.54, 1.807) is 0 Å². The number of hydrogen-bond donors (Lipinski definition) is 2. The van der Waals surface area contributed by atoms with Gasteiger partial charge in [-0.1, -0.05) is 6.07 Å². The third-order valence-electron chi connectivity index (χ3n) is 4.44. The van der Waals surface area contributed by atoms with E-state index in [1.807, 2.05) is 0 Å². The van der Waals surface area contributed by atoms with Gasteiger partial charge in [-0.25, -0.2) is 0 Å². The minimum Gasteiger partial charge on any atom is -0.358 e. The van der Waals surface area contributed by atoms with Crippen LogP contribution in [0.1, 0.15) is 22.4 Å². The highest BCUT2D eigenvalue weighted by atomic mass is 15.2. The first-order chi connectivity index (χ1) is 9.65. The summed E-state index contributed by atoms with van der Waals surface area (Å²) in [5.74, 6) is 0. The predicted molar refractivity (Wildman–Crippen MR) is 85.5 cm³/mol. The van der Waals surface area contributed by atoms with E-state index in [0.29, 0.717) is 0 Å². The second-order valence-corrected chi connectivity index (χ2v) is 6.07. The van der Waals surface area contributed by atoms with E-state index in [-0.39, 0.29) is 0 Å². The molecular weight excluding hydrogens is 246 g/mol. The Balaban J connectivity index is 1.85. The van der Waals surface area contributed by atoms with E-state index < -0.39 is 0 Å². The molecule has 1 aromatic carbocycles. The molecule has 2 N–H and O–H groups in total. The zero-order valence-corrected chi connectivity index (χ0v) is 12.8. The molecule has 0 bridgehead atoms. The van der Waals surface area contributed by atoms with Crippen LogP contribution in [0.5, 0.6) is 0 Å². The topological polar surface area (TPSA) is 31.1 Å². The van der Waals surface area contributed by atoms with Gasteiger partial charge in [0.15, 0.2) is 0 Å². The van der Waals surface area contributed by atoms with Crippen molar-refractivity contribution in [1.29, 1.82) is 0 Å². The Morgan fingerprint density at radius 3 is 2.60 bits per heavy atom. The number of aryl methyl sites for hydroxylation is 3. The van der Waals surface area contributed by atoms with Gasteiger partial charge < -0.3 is 15.2 Å². The Kier molecular flexibility index (Phi) is 3.81. The fourth-order valence-corrected chi connectivity index (χ4v) is 3.45. The summed E-state index contributed by atoms with van der Waals surface area (Å²) in [6.45, 7) is 12.4. The smallest absolute Gasteiger partial charge is 0.0464 e. The molecule has 0 aliphatic carbocycles. The highest BCUT2D eigenvalue weighted by Gasteiger charge is 2.14. The second-order valence-electron chi connectivity index (χ2n) is 6.07. The highest BCUT2D eigenvalue weighted by Crippen LogP contribution is 2.27. The Hall–Kier alpha value is -1.32. The lowest BCUT2D eigenvalue weighted by molar-refractivity contribution is 0.244. The van der Waals surface area contributed by atoms with Crippen LogP contribution in [0, 0.1) is 20.8 Å². The standard InChI is InChI=1S/C17H25N3/c1-12-10-13(2)17-15(14(3)19-16(17)11-12)4-7-20-8-5-18-6-9-20/h10-11,18-19H,4-9H2,1-3H3. The monoisotopic (exact) mass is 271 g/mol. The van der Waals surface area contributed by atoms with E-state index in [4.69, 9.17) is 0 Å². The molecule has 2 aromatic rings. The molecule has 20 heavy (non-hydrogen) atoms. The van der Waals surface area contributed by atoms with Crippen LogP contribution < -0.4 is 5.32 Å². The summed E-state index contributed by atoms with van der Waals surface area (Å²) in [6.07, 6.45) is 1.15. The Labute approximate surface area is 121 Å². The zero-order chi connectivity index (χ0) is 14.1. The van der Waals surface area contributed by atoms with Crippen molar-refractivity contribution in [2.45, 2.75) is 27.2 Å². The summed E-state index contributed by atoms with van der Waals surface area (Å²) in [7, 11) is 0. The molecule has 0 saturated carbocycles. The van der Waals surface area contributed by atoms with E-state index in [9.17, 15) is 0 Å². The third-order valence-corrected chi connectivity index (χ3v) is 4.44. The molecule has 3 heteroatoms.